The molecule has 1 heterocycles. The number of hydrogen-bond acceptors (Lipinski definition) is 6. The standard InChI is InChI=1S/C19H16BrNO6/c1-24-12-4-5-14(15(9-12)25-2)21-18(22)13-7-10-6-11(20)8-16(26-3)17(10)27-19(13)23/h4-9H,1-3H3,(H,21,22). The van der Waals surface area contributed by atoms with Gasteiger partial charge in [0.05, 0.1) is 27.0 Å². The van der Waals surface area contributed by atoms with Gasteiger partial charge in [0.1, 0.15) is 17.1 Å². The van der Waals surface area contributed by atoms with E-state index in [-0.39, 0.29) is 11.1 Å². The van der Waals surface area contributed by atoms with Crippen LogP contribution in [-0.2, 0) is 0 Å². The lowest BCUT2D eigenvalue weighted by molar-refractivity contribution is 0.102. The van der Waals surface area contributed by atoms with Crippen molar-refractivity contribution in [1.82, 2.24) is 0 Å². The van der Waals surface area contributed by atoms with Gasteiger partial charge in [-0.15, -0.1) is 0 Å². The number of nitrogens with one attached hydrogen (secondary N) is 1. The van der Waals surface area contributed by atoms with Crippen molar-refractivity contribution < 1.29 is 23.4 Å². The van der Waals surface area contributed by atoms with Crippen molar-refractivity contribution in [2.75, 3.05) is 26.6 Å². The van der Waals surface area contributed by atoms with E-state index in [0.29, 0.717) is 28.3 Å². The summed E-state index contributed by atoms with van der Waals surface area (Å²) in [5.74, 6) is 0.748. The fourth-order valence-corrected chi connectivity index (χ4v) is 3.02. The van der Waals surface area contributed by atoms with Gasteiger partial charge in [0.15, 0.2) is 11.3 Å². The van der Waals surface area contributed by atoms with E-state index in [0.717, 1.165) is 4.47 Å². The number of hydrogen-bond donors (Lipinski definition) is 1. The lowest BCUT2D eigenvalue weighted by Crippen LogP contribution is -2.21. The van der Waals surface area contributed by atoms with Crippen LogP contribution in [-0.4, -0.2) is 27.2 Å². The number of ether oxygens (including phenoxy) is 3. The predicted octanol–water partition coefficient (Wildman–Crippen LogP) is 3.83. The van der Waals surface area contributed by atoms with Crippen molar-refractivity contribution in [3.8, 4) is 17.2 Å². The summed E-state index contributed by atoms with van der Waals surface area (Å²) in [6.45, 7) is 0. The van der Waals surface area contributed by atoms with Gasteiger partial charge in [-0.25, -0.2) is 4.79 Å². The van der Waals surface area contributed by atoms with E-state index in [1.807, 2.05) is 0 Å². The van der Waals surface area contributed by atoms with Gasteiger partial charge >= 0.3 is 5.63 Å². The zero-order valence-electron chi connectivity index (χ0n) is 14.8. The maximum atomic E-state index is 12.6. The molecule has 0 spiro atoms. The Balaban J connectivity index is 2.01. The second-order valence-corrected chi connectivity index (χ2v) is 6.41. The first-order chi connectivity index (χ1) is 13.0. The summed E-state index contributed by atoms with van der Waals surface area (Å²) < 4.78 is 21.6. The first-order valence-corrected chi connectivity index (χ1v) is 8.61. The highest BCUT2D eigenvalue weighted by Crippen LogP contribution is 2.31. The molecule has 27 heavy (non-hydrogen) atoms. The maximum absolute atomic E-state index is 12.6. The monoisotopic (exact) mass is 433 g/mol. The normalized spacial score (nSPS) is 10.5. The van der Waals surface area contributed by atoms with Crippen molar-refractivity contribution in [3.05, 3.63) is 56.9 Å². The second kappa shape index (κ2) is 7.71. The average Bonchev–Trinajstić information content (AvgIpc) is 2.67. The van der Waals surface area contributed by atoms with E-state index < -0.39 is 11.5 Å². The number of benzene rings is 2. The van der Waals surface area contributed by atoms with E-state index in [2.05, 4.69) is 21.2 Å². The third-order valence-electron chi connectivity index (χ3n) is 3.88. The molecule has 8 heteroatoms. The van der Waals surface area contributed by atoms with E-state index in [9.17, 15) is 9.59 Å². The molecule has 1 amide bonds. The lowest BCUT2D eigenvalue weighted by Gasteiger charge is -2.12. The van der Waals surface area contributed by atoms with Crippen LogP contribution in [0.4, 0.5) is 5.69 Å². The highest BCUT2D eigenvalue weighted by Gasteiger charge is 2.18. The molecule has 0 atom stereocenters. The van der Waals surface area contributed by atoms with Gasteiger partial charge < -0.3 is 23.9 Å². The van der Waals surface area contributed by atoms with E-state index >= 15 is 0 Å². The van der Waals surface area contributed by atoms with E-state index in [4.69, 9.17) is 18.6 Å². The molecule has 1 N–H and O–H groups in total. The number of anilines is 1. The van der Waals surface area contributed by atoms with Crippen molar-refractivity contribution in [2.24, 2.45) is 0 Å². The number of fused-ring (bicyclic) bond motifs is 1. The minimum atomic E-state index is -0.770. The molecule has 0 radical (unpaired) electrons. The van der Waals surface area contributed by atoms with Crippen LogP contribution < -0.4 is 25.2 Å². The Labute approximate surface area is 163 Å². The fourth-order valence-electron chi connectivity index (χ4n) is 2.57. The SMILES string of the molecule is COc1ccc(NC(=O)c2cc3cc(Br)cc(OC)c3oc2=O)c(OC)c1. The Morgan fingerprint density at radius 1 is 1.00 bits per heavy atom. The molecule has 3 rings (SSSR count). The Hall–Kier alpha value is -3.00. The first-order valence-electron chi connectivity index (χ1n) is 7.81. The Bertz CT molecular complexity index is 1080. The predicted molar refractivity (Wildman–Crippen MR) is 104 cm³/mol. The number of carbonyl (C=O) groups is 1. The van der Waals surface area contributed by atoms with E-state index in [1.165, 1.54) is 27.4 Å². The second-order valence-electron chi connectivity index (χ2n) is 5.49. The van der Waals surface area contributed by atoms with Gasteiger partial charge in [0.25, 0.3) is 5.91 Å². The molecule has 0 aliphatic heterocycles. The van der Waals surface area contributed by atoms with Gasteiger partial charge in [0, 0.05) is 15.9 Å². The smallest absolute Gasteiger partial charge is 0.349 e. The van der Waals surface area contributed by atoms with Crippen molar-refractivity contribution in [2.45, 2.75) is 0 Å². The van der Waals surface area contributed by atoms with Gasteiger partial charge in [-0.1, -0.05) is 15.9 Å². The molecule has 0 aliphatic rings. The van der Waals surface area contributed by atoms with Crippen LogP contribution in [0, 0.1) is 0 Å². The average molecular weight is 434 g/mol. The molecule has 0 saturated carbocycles. The zero-order valence-corrected chi connectivity index (χ0v) is 16.4. The summed E-state index contributed by atoms with van der Waals surface area (Å²) in [7, 11) is 4.47. The Morgan fingerprint density at radius 2 is 1.74 bits per heavy atom. The largest absolute Gasteiger partial charge is 0.497 e. The summed E-state index contributed by atoms with van der Waals surface area (Å²) in [6.07, 6.45) is 0. The molecule has 0 aliphatic carbocycles. The van der Waals surface area contributed by atoms with Gasteiger partial charge in [0.2, 0.25) is 0 Å². The molecular weight excluding hydrogens is 418 g/mol. The number of halogens is 1. The van der Waals surface area contributed by atoms with Crippen LogP contribution in [0.1, 0.15) is 10.4 Å². The van der Waals surface area contributed by atoms with Crippen LogP contribution in [0.3, 0.4) is 0 Å². The molecule has 3 aromatic rings. The third-order valence-corrected chi connectivity index (χ3v) is 4.34. The third kappa shape index (κ3) is 3.75. The molecule has 7 nitrogen and oxygen atoms in total. The summed E-state index contributed by atoms with van der Waals surface area (Å²) >= 11 is 3.36. The van der Waals surface area contributed by atoms with Crippen LogP contribution in [0.5, 0.6) is 17.2 Å². The number of carbonyl (C=O) groups excluding carboxylic acids is 1. The van der Waals surface area contributed by atoms with Crippen molar-refractivity contribution in [1.29, 1.82) is 0 Å². The highest BCUT2D eigenvalue weighted by atomic mass is 79.9. The zero-order chi connectivity index (χ0) is 19.6. The maximum Gasteiger partial charge on any atom is 0.349 e. The topological polar surface area (TPSA) is 87.0 Å². The molecular formula is C19H16BrNO6. The van der Waals surface area contributed by atoms with Gasteiger partial charge in [-0.05, 0) is 30.3 Å². The summed E-state index contributed by atoms with van der Waals surface area (Å²) in [5, 5.41) is 3.20. The lowest BCUT2D eigenvalue weighted by atomic mass is 10.1. The van der Waals surface area contributed by atoms with Crippen LogP contribution >= 0.6 is 15.9 Å². The first kappa shape index (κ1) is 18.8. The molecule has 1 aromatic heterocycles. The molecule has 0 bridgehead atoms. The molecule has 2 aromatic carbocycles. The van der Waals surface area contributed by atoms with Crippen LogP contribution in [0.25, 0.3) is 11.0 Å². The number of rotatable bonds is 5. The minimum Gasteiger partial charge on any atom is -0.497 e. The molecule has 140 valence electrons. The highest BCUT2D eigenvalue weighted by molar-refractivity contribution is 9.10. The summed E-state index contributed by atoms with van der Waals surface area (Å²) in [6, 6.07) is 9.78. The summed E-state index contributed by atoms with van der Waals surface area (Å²) in [4.78, 5) is 25.0. The van der Waals surface area contributed by atoms with Gasteiger partial charge in [-0.3, -0.25) is 4.79 Å². The van der Waals surface area contributed by atoms with Gasteiger partial charge in [-0.2, -0.15) is 0 Å². The van der Waals surface area contributed by atoms with Crippen LogP contribution in [0.15, 0.2) is 50.1 Å². The minimum absolute atomic E-state index is 0.138. The Morgan fingerprint density at radius 3 is 2.41 bits per heavy atom. The van der Waals surface area contributed by atoms with Crippen molar-refractivity contribution >= 4 is 38.5 Å². The number of methoxy groups -OCH3 is 3. The molecule has 0 unspecified atom stereocenters. The number of amides is 1. The van der Waals surface area contributed by atoms with Crippen molar-refractivity contribution in [3.63, 3.8) is 0 Å². The molecule has 0 fully saturated rings. The summed E-state index contributed by atoms with van der Waals surface area (Å²) in [5.41, 5.74) is -0.243. The molecule has 0 saturated heterocycles. The quantitative estimate of drug-likeness (QED) is 0.615. The Kier molecular flexibility index (Phi) is 5.36. The van der Waals surface area contributed by atoms with E-state index in [1.54, 1.807) is 30.3 Å². The van der Waals surface area contributed by atoms with Crippen LogP contribution in [0.2, 0.25) is 0 Å². The fraction of sp³-hybridized carbons (Fsp3) is 0.158.